The van der Waals surface area contributed by atoms with Crippen LogP contribution in [0.2, 0.25) is 10.0 Å². The van der Waals surface area contributed by atoms with Crippen LogP contribution in [-0.4, -0.2) is 60.9 Å². The minimum atomic E-state index is -0.495. The highest BCUT2D eigenvalue weighted by Crippen LogP contribution is 2.25. The summed E-state index contributed by atoms with van der Waals surface area (Å²) in [5.41, 5.74) is 0.622. The molecular weight excluding hydrogens is 387 g/mol. The van der Waals surface area contributed by atoms with Crippen LogP contribution in [0.4, 0.5) is 4.79 Å². The number of hydrogen-bond acceptors (Lipinski definition) is 4. The number of ether oxygens (including phenoxy) is 2. The lowest BCUT2D eigenvalue weighted by atomic mass is 10.1. The van der Waals surface area contributed by atoms with Gasteiger partial charge in [0.2, 0.25) is 0 Å². The molecule has 1 unspecified atom stereocenters. The Morgan fingerprint density at radius 3 is 2.59 bits per heavy atom. The fourth-order valence-electron chi connectivity index (χ4n) is 3.23. The molecule has 0 saturated carbocycles. The second-order valence-corrected chi connectivity index (χ2v) is 8.76. The van der Waals surface area contributed by atoms with E-state index >= 15 is 0 Å². The van der Waals surface area contributed by atoms with Gasteiger partial charge < -0.3 is 14.4 Å². The van der Waals surface area contributed by atoms with E-state index in [1.807, 2.05) is 43.9 Å². The largest absolute Gasteiger partial charge is 0.444 e. The number of halogens is 2. The molecule has 0 aliphatic carbocycles. The van der Waals surface area contributed by atoms with Crippen LogP contribution < -0.4 is 0 Å². The first-order valence-corrected chi connectivity index (χ1v) is 10.1. The Balaban J connectivity index is 2.03. The fourth-order valence-corrected chi connectivity index (χ4v) is 3.55. The van der Waals surface area contributed by atoms with Crippen molar-refractivity contribution in [2.24, 2.45) is 0 Å². The standard InChI is InChI=1S/C20H30Cl2N2O3/c1-20(2,3)27-19(25)24-10-9-23(14-16(24)6-5-11-26-4)13-15-7-8-17(21)18(22)12-15/h7-8,12,16H,5-6,9-11,13-14H2,1-4H3. The molecule has 0 N–H and O–H groups in total. The third-order valence-corrected chi connectivity index (χ3v) is 5.21. The maximum absolute atomic E-state index is 12.6. The minimum Gasteiger partial charge on any atom is -0.444 e. The van der Waals surface area contributed by atoms with Crippen molar-refractivity contribution in [1.82, 2.24) is 9.80 Å². The Morgan fingerprint density at radius 1 is 1.22 bits per heavy atom. The molecule has 27 heavy (non-hydrogen) atoms. The molecule has 1 aromatic carbocycles. The first-order chi connectivity index (χ1) is 12.7. The van der Waals surface area contributed by atoms with Crippen molar-refractivity contribution >= 4 is 29.3 Å². The van der Waals surface area contributed by atoms with Crippen LogP contribution in [-0.2, 0) is 16.0 Å². The van der Waals surface area contributed by atoms with E-state index in [1.54, 1.807) is 7.11 Å². The number of amides is 1. The van der Waals surface area contributed by atoms with E-state index in [1.165, 1.54) is 0 Å². The van der Waals surface area contributed by atoms with Gasteiger partial charge in [-0.1, -0.05) is 29.3 Å². The van der Waals surface area contributed by atoms with E-state index in [9.17, 15) is 4.79 Å². The molecule has 1 aromatic rings. The van der Waals surface area contributed by atoms with Gasteiger partial charge in [0.25, 0.3) is 0 Å². The topological polar surface area (TPSA) is 42.0 Å². The molecule has 0 spiro atoms. The Morgan fingerprint density at radius 2 is 1.96 bits per heavy atom. The zero-order chi connectivity index (χ0) is 20.0. The first-order valence-electron chi connectivity index (χ1n) is 9.34. The Kier molecular flexibility index (Phi) is 8.22. The van der Waals surface area contributed by atoms with Gasteiger partial charge in [-0.05, 0) is 51.3 Å². The van der Waals surface area contributed by atoms with E-state index in [-0.39, 0.29) is 12.1 Å². The number of piperazine rings is 1. The van der Waals surface area contributed by atoms with Crippen LogP contribution in [0.15, 0.2) is 18.2 Å². The monoisotopic (exact) mass is 416 g/mol. The predicted octanol–water partition coefficient (Wildman–Crippen LogP) is 4.84. The van der Waals surface area contributed by atoms with E-state index in [0.717, 1.165) is 38.0 Å². The van der Waals surface area contributed by atoms with Crippen LogP contribution >= 0.6 is 23.2 Å². The molecule has 1 fully saturated rings. The molecule has 1 aliphatic heterocycles. The third kappa shape index (κ3) is 7.15. The van der Waals surface area contributed by atoms with Gasteiger partial charge in [-0.3, -0.25) is 4.90 Å². The van der Waals surface area contributed by atoms with Gasteiger partial charge in [-0.15, -0.1) is 0 Å². The summed E-state index contributed by atoms with van der Waals surface area (Å²) in [4.78, 5) is 16.8. The van der Waals surface area contributed by atoms with Crippen molar-refractivity contribution in [1.29, 1.82) is 0 Å². The number of benzene rings is 1. The fraction of sp³-hybridized carbons (Fsp3) is 0.650. The molecule has 1 aliphatic rings. The second kappa shape index (κ2) is 9.97. The normalized spacial score (nSPS) is 18.6. The van der Waals surface area contributed by atoms with Gasteiger partial charge in [0.05, 0.1) is 10.0 Å². The van der Waals surface area contributed by atoms with Gasteiger partial charge in [0.15, 0.2) is 0 Å². The van der Waals surface area contributed by atoms with E-state index in [0.29, 0.717) is 23.2 Å². The molecule has 0 radical (unpaired) electrons. The number of carbonyl (C=O) groups excluding carboxylic acids is 1. The Labute approximate surface area is 172 Å². The molecule has 1 atom stereocenters. The summed E-state index contributed by atoms with van der Waals surface area (Å²) in [5, 5.41) is 1.13. The minimum absolute atomic E-state index is 0.103. The number of rotatable bonds is 6. The molecule has 2 rings (SSSR count). The van der Waals surface area contributed by atoms with Crippen molar-refractivity contribution in [2.45, 2.75) is 51.8 Å². The summed E-state index contributed by atoms with van der Waals surface area (Å²) in [5.74, 6) is 0. The van der Waals surface area contributed by atoms with Crippen molar-refractivity contribution in [3.8, 4) is 0 Å². The summed E-state index contributed by atoms with van der Waals surface area (Å²) in [7, 11) is 1.70. The number of hydrogen-bond donors (Lipinski definition) is 0. The second-order valence-electron chi connectivity index (χ2n) is 7.95. The molecule has 0 bridgehead atoms. The third-order valence-electron chi connectivity index (χ3n) is 4.47. The lowest BCUT2D eigenvalue weighted by Gasteiger charge is -2.42. The number of methoxy groups -OCH3 is 1. The van der Waals surface area contributed by atoms with Crippen LogP contribution in [0.3, 0.4) is 0 Å². The maximum atomic E-state index is 12.6. The molecule has 1 saturated heterocycles. The summed E-state index contributed by atoms with van der Waals surface area (Å²) in [6.45, 7) is 9.38. The maximum Gasteiger partial charge on any atom is 0.410 e. The molecular formula is C20H30Cl2N2O3. The number of carbonyl (C=O) groups is 1. The van der Waals surface area contributed by atoms with Crippen LogP contribution in [0.25, 0.3) is 0 Å². The molecule has 152 valence electrons. The van der Waals surface area contributed by atoms with E-state index in [2.05, 4.69) is 4.90 Å². The molecule has 7 heteroatoms. The average Bonchev–Trinajstić information content (AvgIpc) is 2.57. The van der Waals surface area contributed by atoms with E-state index < -0.39 is 5.60 Å². The molecule has 1 heterocycles. The van der Waals surface area contributed by atoms with Crippen LogP contribution in [0.5, 0.6) is 0 Å². The highest BCUT2D eigenvalue weighted by Gasteiger charge is 2.33. The van der Waals surface area contributed by atoms with Crippen molar-refractivity contribution in [3.05, 3.63) is 33.8 Å². The zero-order valence-electron chi connectivity index (χ0n) is 16.6. The number of nitrogens with zero attached hydrogens (tertiary/aromatic N) is 2. The highest BCUT2D eigenvalue weighted by molar-refractivity contribution is 6.42. The van der Waals surface area contributed by atoms with E-state index in [4.69, 9.17) is 32.7 Å². The lowest BCUT2D eigenvalue weighted by Crippen LogP contribution is -2.55. The van der Waals surface area contributed by atoms with Gasteiger partial charge >= 0.3 is 6.09 Å². The molecule has 0 aromatic heterocycles. The quantitative estimate of drug-likeness (QED) is 0.621. The summed E-state index contributed by atoms with van der Waals surface area (Å²) >= 11 is 12.1. The average molecular weight is 417 g/mol. The predicted molar refractivity (Wildman–Crippen MR) is 110 cm³/mol. The van der Waals surface area contributed by atoms with Gasteiger partial charge in [0.1, 0.15) is 5.60 Å². The van der Waals surface area contributed by atoms with Crippen molar-refractivity contribution in [3.63, 3.8) is 0 Å². The van der Waals surface area contributed by atoms with Gasteiger partial charge in [0, 0.05) is 45.9 Å². The van der Waals surface area contributed by atoms with Gasteiger partial charge in [-0.2, -0.15) is 0 Å². The summed E-state index contributed by atoms with van der Waals surface area (Å²) in [6.07, 6.45) is 1.55. The first kappa shape index (κ1) is 22.3. The highest BCUT2D eigenvalue weighted by atomic mass is 35.5. The Hall–Kier alpha value is -1.01. The van der Waals surface area contributed by atoms with Gasteiger partial charge in [-0.25, -0.2) is 4.79 Å². The summed E-state index contributed by atoms with van der Waals surface area (Å²) < 4.78 is 10.8. The summed E-state index contributed by atoms with van der Waals surface area (Å²) in [6, 6.07) is 5.83. The molecule has 5 nitrogen and oxygen atoms in total. The van der Waals surface area contributed by atoms with Crippen molar-refractivity contribution < 1.29 is 14.3 Å². The smallest absolute Gasteiger partial charge is 0.410 e. The Bertz CT molecular complexity index is 634. The van der Waals surface area contributed by atoms with Crippen LogP contribution in [0.1, 0.15) is 39.2 Å². The molecule has 1 amide bonds. The SMILES string of the molecule is COCCCC1CN(Cc2ccc(Cl)c(Cl)c2)CCN1C(=O)OC(C)(C)C. The van der Waals surface area contributed by atoms with Crippen LogP contribution in [0, 0.1) is 0 Å². The van der Waals surface area contributed by atoms with Crippen molar-refractivity contribution in [2.75, 3.05) is 33.4 Å². The zero-order valence-corrected chi connectivity index (χ0v) is 18.1. The lowest BCUT2D eigenvalue weighted by molar-refractivity contribution is -0.00502.